The minimum absolute atomic E-state index is 0. The fraction of sp³-hybridized carbons (Fsp3) is 0.300. The van der Waals surface area contributed by atoms with E-state index in [2.05, 4.69) is 15.6 Å². The van der Waals surface area contributed by atoms with Gasteiger partial charge >= 0.3 is 0 Å². The maximum absolute atomic E-state index is 5.85. The van der Waals surface area contributed by atoms with E-state index < -0.39 is 0 Å². The lowest BCUT2D eigenvalue weighted by Crippen LogP contribution is -2.34. The van der Waals surface area contributed by atoms with Crippen LogP contribution in [-0.2, 0) is 6.54 Å². The van der Waals surface area contributed by atoms with Crippen LogP contribution in [0.4, 0.5) is 0 Å². The van der Waals surface area contributed by atoms with Crippen LogP contribution in [0.2, 0.25) is 5.02 Å². The largest absolute Gasteiger partial charge is 0.359 e. The number of aliphatic imine (C=N–C) groups is 1. The molecule has 1 aromatic rings. The van der Waals surface area contributed by atoms with Crippen LogP contribution in [0.1, 0.15) is 5.56 Å². The van der Waals surface area contributed by atoms with Gasteiger partial charge in [-0.3, -0.25) is 4.99 Å². The number of guanidine groups is 1. The lowest BCUT2D eigenvalue weighted by Gasteiger charge is -2.08. The number of rotatable bonds is 2. The number of hydrogen-bond acceptors (Lipinski definition) is 1. The lowest BCUT2D eigenvalue weighted by molar-refractivity contribution is 0.866. The fourth-order valence-electron chi connectivity index (χ4n) is 1.11. The van der Waals surface area contributed by atoms with Crippen LogP contribution in [0, 0.1) is 0 Å². The van der Waals surface area contributed by atoms with Gasteiger partial charge < -0.3 is 10.6 Å². The van der Waals surface area contributed by atoms with Crippen molar-refractivity contribution in [3.8, 4) is 0 Å². The van der Waals surface area contributed by atoms with Gasteiger partial charge in [0.1, 0.15) is 0 Å². The molecule has 0 bridgehead atoms. The highest BCUT2D eigenvalue weighted by molar-refractivity contribution is 14.0. The summed E-state index contributed by atoms with van der Waals surface area (Å²) in [6.45, 7) is 0.716. The van der Waals surface area contributed by atoms with E-state index in [1.807, 2.05) is 31.3 Å². The number of hydrogen-bond donors (Lipinski definition) is 2. The minimum atomic E-state index is 0. The van der Waals surface area contributed by atoms with Crippen LogP contribution < -0.4 is 10.6 Å². The highest BCUT2D eigenvalue weighted by Crippen LogP contribution is 2.09. The zero-order valence-corrected chi connectivity index (χ0v) is 11.8. The quantitative estimate of drug-likeness (QED) is 0.493. The first kappa shape index (κ1) is 14.5. The standard InChI is InChI=1S/C10H14ClN3.HI/c1-12-10(13-2)14-7-8-4-3-5-9(11)6-8;/h3-6H,7H2,1-2H3,(H2,12,13,14);1H. The van der Waals surface area contributed by atoms with Gasteiger partial charge in [0.15, 0.2) is 5.96 Å². The highest BCUT2D eigenvalue weighted by Gasteiger charge is 1.95. The summed E-state index contributed by atoms with van der Waals surface area (Å²) in [5.74, 6) is 0.768. The first-order valence-corrected chi connectivity index (χ1v) is 4.77. The third-order valence-corrected chi connectivity index (χ3v) is 2.04. The van der Waals surface area contributed by atoms with E-state index in [4.69, 9.17) is 11.6 Å². The molecule has 0 aliphatic heterocycles. The molecule has 0 radical (unpaired) electrons. The second-order valence-corrected chi connectivity index (χ2v) is 3.24. The Hall–Kier alpha value is -0.490. The van der Waals surface area contributed by atoms with Crippen LogP contribution >= 0.6 is 35.6 Å². The third-order valence-electron chi connectivity index (χ3n) is 1.81. The van der Waals surface area contributed by atoms with Crippen molar-refractivity contribution in [1.82, 2.24) is 10.6 Å². The molecule has 1 rings (SSSR count). The Kier molecular flexibility index (Phi) is 7.50. The molecule has 0 aliphatic carbocycles. The third kappa shape index (κ3) is 5.22. The van der Waals surface area contributed by atoms with Crippen molar-refractivity contribution >= 4 is 41.5 Å². The molecule has 0 saturated heterocycles. The van der Waals surface area contributed by atoms with Gasteiger partial charge in [-0.1, -0.05) is 23.7 Å². The summed E-state index contributed by atoms with van der Waals surface area (Å²) in [4.78, 5) is 4.01. The van der Waals surface area contributed by atoms with E-state index in [0.29, 0.717) is 6.54 Å². The Balaban J connectivity index is 0.00000196. The summed E-state index contributed by atoms with van der Waals surface area (Å²) in [5, 5.41) is 6.84. The molecule has 1 aromatic carbocycles. The van der Waals surface area contributed by atoms with Gasteiger partial charge in [0, 0.05) is 25.7 Å². The van der Waals surface area contributed by atoms with E-state index in [9.17, 15) is 0 Å². The smallest absolute Gasteiger partial charge is 0.190 e. The van der Waals surface area contributed by atoms with Gasteiger partial charge in [-0.15, -0.1) is 24.0 Å². The molecule has 0 amide bonds. The summed E-state index contributed by atoms with van der Waals surface area (Å²) < 4.78 is 0. The topological polar surface area (TPSA) is 36.4 Å². The molecule has 0 saturated carbocycles. The molecule has 3 nitrogen and oxygen atoms in total. The maximum atomic E-state index is 5.85. The van der Waals surface area contributed by atoms with Gasteiger partial charge in [-0.05, 0) is 17.7 Å². The summed E-state index contributed by atoms with van der Waals surface area (Å²) in [5.41, 5.74) is 1.13. The van der Waals surface area contributed by atoms with Crippen molar-refractivity contribution in [1.29, 1.82) is 0 Å². The first-order valence-electron chi connectivity index (χ1n) is 4.39. The summed E-state index contributed by atoms with van der Waals surface area (Å²) in [6, 6.07) is 7.73. The Labute approximate surface area is 112 Å². The number of nitrogens with zero attached hydrogens (tertiary/aromatic N) is 1. The number of halogens is 2. The summed E-state index contributed by atoms with van der Waals surface area (Å²) >= 11 is 5.85. The van der Waals surface area contributed by atoms with Crippen molar-refractivity contribution in [3.05, 3.63) is 34.9 Å². The van der Waals surface area contributed by atoms with Crippen molar-refractivity contribution in [3.63, 3.8) is 0 Å². The average Bonchev–Trinajstić information content (AvgIpc) is 2.19. The van der Waals surface area contributed by atoms with Crippen molar-refractivity contribution < 1.29 is 0 Å². The predicted octanol–water partition coefficient (Wildman–Crippen LogP) is 2.25. The van der Waals surface area contributed by atoms with E-state index >= 15 is 0 Å². The Morgan fingerprint density at radius 3 is 2.73 bits per heavy atom. The molecule has 0 aliphatic rings. The van der Waals surface area contributed by atoms with Crippen molar-refractivity contribution in [2.75, 3.05) is 14.1 Å². The van der Waals surface area contributed by atoms with Crippen LogP contribution in [-0.4, -0.2) is 20.1 Å². The van der Waals surface area contributed by atoms with E-state index in [0.717, 1.165) is 16.5 Å². The van der Waals surface area contributed by atoms with Gasteiger partial charge in [0.05, 0.1) is 0 Å². The van der Waals surface area contributed by atoms with Crippen molar-refractivity contribution in [2.45, 2.75) is 6.54 Å². The monoisotopic (exact) mass is 339 g/mol. The van der Waals surface area contributed by atoms with Crippen LogP contribution in [0.15, 0.2) is 29.3 Å². The molecule has 0 atom stereocenters. The van der Waals surface area contributed by atoms with E-state index in [-0.39, 0.29) is 24.0 Å². The zero-order chi connectivity index (χ0) is 10.4. The van der Waals surface area contributed by atoms with E-state index in [1.165, 1.54) is 0 Å². The van der Waals surface area contributed by atoms with Crippen LogP contribution in [0.25, 0.3) is 0 Å². The second kappa shape index (κ2) is 7.76. The van der Waals surface area contributed by atoms with Gasteiger partial charge in [-0.2, -0.15) is 0 Å². The predicted molar refractivity (Wildman–Crippen MR) is 76.1 cm³/mol. The molecule has 0 unspecified atom stereocenters. The number of benzene rings is 1. The van der Waals surface area contributed by atoms with Gasteiger partial charge in [0.2, 0.25) is 0 Å². The molecule has 2 N–H and O–H groups in total. The zero-order valence-electron chi connectivity index (χ0n) is 8.75. The number of nitrogens with one attached hydrogen (secondary N) is 2. The van der Waals surface area contributed by atoms with E-state index in [1.54, 1.807) is 7.05 Å². The molecular formula is C10H15ClIN3. The minimum Gasteiger partial charge on any atom is -0.359 e. The summed E-state index contributed by atoms with van der Waals surface area (Å²) in [7, 11) is 3.56. The second-order valence-electron chi connectivity index (χ2n) is 2.81. The Bertz CT molecular complexity index is 328. The van der Waals surface area contributed by atoms with Gasteiger partial charge in [-0.25, -0.2) is 0 Å². The Morgan fingerprint density at radius 1 is 1.47 bits per heavy atom. The molecular weight excluding hydrogens is 324 g/mol. The molecule has 84 valence electrons. The first-order chi connectivity index (χ1) is 6.76. The Morgan fingerprint density at radius 2 is 2.20 bits per heavy atom. The fourth-order valence-corrected chi connectivity index (χ4v) is 1.32. The molecule has 0 fully saturated rings. The van der Waals surface area contributed by atoms with Gasteiger partial charge in [0.25, 0.3) is 0 Å². The molecule has 0 heterocycles. The molecule has 0 spiro atoms. The highest BCUT2D eigenvalue weighted by atomic mass is 127. The SMILES string of the molecule is CN=C(NC)NCc1cccc(Cl)c1.I. The normalized spacial score (nSPS) is 10.5. The van der Waals surface area contributed by atoms with Crippen LogP contribution in [0.5, 0.6) is 0 Å². The van der Waals surface area contributed by atoms with Crippen molar-refractivity contribution in [2.24, 2.45) is 4.99 Å². The maximum Gasteiger partial charge on any atom is 0.190 e. The average molecular weight is 340 g/mol. The molecule has 5 heteroatoms. The lowest BCUT2D eigenvalue weighted by atomic mass is 10.2. The summed E-state index contributed by atoms with van der Waals surface area (Å²) in [6.07, 6.45) is 0. The van der Waals surface area contributed by atoms with Crippen LogP contribution in [0.3, 0.4) is 0 Å². The molecule has 15 heavy (non-hydrogen) atoms. The molecule has 0 aromatic heterocycles.